The van der Waals surface area contributed by atoms with Gasteiger partial charge in [-0.25, -0.2) is 4.99 Å². The molecule has 1 amide bonds. The predicted octanol–water partition coefficient (Wildman–Crippen LogP) is 5.13. The monoisotopic (exact) mass is 438 g/mol. The summed E-state index contributed by atoms with van der Waals surface area (Å²) in [6.45, 7) is 0.607. The molecule has 130 valence electrons. The molecule has 4 nitrogen and oxygen atoms in total. The second-order valence-corrected chi connectivity index (χ2v) is 7.72. The first-order chi connectivity index (χ1) is 12.1. The van der Waals surface area contributed by atoms with Crippen LogP contribution < -0.4 is 4.74 Å². The van der Waals surface area contributed by atoms with Gasteiger partial charge in [-0.05, 0) is 36.8 Å². The summed E-state index contributed by atoms with van der Waals surface area (Å²) in [5, 5.41) is 1.24. The second kappa shape index (κ2) is 8.74. The highest BCUT2D eigenvalue weighted by atomic mass is 79.9. The van der Waals surface area contributed by atoms with E-state index in [-0.39, 0.29) is 12.5 Å². The van der Waals surface area contributed by atoms with Gasteiger partial charge >= 0.3 is 0 Å². The standard InChI is InChI=1S/C18H16BrClN2O2S/c19-13-5-3-6-14(11-13)24-12-17(23)22-9-4-10-25-18(22)21-16-8-2-1-7-15(16)20/h1-3,5-8,11H,4,9-10,12H2. The number of hydrogen-bond donors (Lipinski definition) is 0. The second-order valence-electron chi connectivity index (χ2n) is 5.34. The first kappa shape index (κ1) is 18.3. The minimum atomic E-state index is -0.113. The molecule has 0 aliphatic carbocycles. The van der Waals surface area contributed by atoms with E-state index in [1.165, 1.54) is 0 Å². The molecule has 2 aromatic rings. The highest BCUT2D eigenvalue weighted by Crippen LogP contribution is 2.28. The van der Waals surface area contributed by atoms with E-state index in [4.69, 9.17) is 16.3 Å². The van der Waals surface area contributed by atoms with E-state index in [9.17, 15) is 4.79 Å². The highest BCUT2D eigenvalue weighted by molar-refractivity contribution is 9.10. The number of hydrogen-bond acceptors (Lipinski definition) is 4. The van der Waals surface area contributed by atoms with Gasteiger partial charge in [0, 0.05) is 16.8 Å². The predicted molar refractivity (Wildman–Crippen MR) is 107 cm³/mol. The molecule has 0 bridgehead atoms. The van der Waals surface area contributed by atoms with Gasteiger partial charge in [-0.2, -0.15) is 0 Å². The average Bonchev–Trinajstić information content (AvgIpc) is 2.62. The molecule has 1 saturated heterocycles. The van der Waals surface area contributed by atoms with Crippen molar-refractivity contribution in [1.82, 2.24) is 4.90 Å². The fourth-order valence-corrected chi connectivity index (χ4v) is 3.83. The highest BCUT2D eigenvalue weighted by Gasteiger charge is 2.24. The molecular formula is C18H16BrClN2O2S. The van der Waals surface area contributed by atoms with Gasteiger partial charge in [0.05, 0.1) is 10.7 Å². The molecule has 0 radical (unpaired) electrons. The van der Waals surface area contributed by atoms with E-state index < -0.39 is 0 Å². The van der Waals surface area contributed by atoms with Crippen molar-refractivity contribution >= 4 is 56.1 Å². The van der Waals surface area contributed by atoms with E-state index in [1.807, 2.05) is 42.5 Å². The molecule has 0 unspecified atom stereocenters. The van der Waals surface area contributed by atoms with Gasteiger partial charge in [0.1, 0.15) is 5.75 Å². The molecule has 0 N–H and O–H groups in total. The van der Waals surface area contributed by atoms with Gasteiger partial charge in [-0.3, -0.25) is 9.69 Å². The van der Waals surface area contributed by atoms with Crippen molar-refractivity contribution in [1.29, 1.82) is 0 Å². The summed E-state index contributed by atoms with van der Waals surface area (Å²) in [5.74, 6) is 1.47. The van der Waals surface area contributed by atoms with E-state index in [0.29, 0.717) is 28.2 Å². The molecule has 3 rings (SSSR count). The van der Waals surface area contributed by atoms with Crippen molar-refractivity contribution in [2.24, 2.45) is 4.99 Å². The van der Waals surface area contributed by atoms with Crippen LogP contribution in [0.5, 0.6) is 5.75 Å². The maximum absolute atomic E-state index is 12.6. The Morgan fingerprint density at radius 3 is 2.92 bits per heavy atom. The topological polar surface area (TPSA) is 41.9 Å². The number of amides is 1. The number of amidine groups is 1. The fourth-order valence-electron chi connectivity index (χ4n) is 2.31. The molecular weight excluding hydrogens is 424 g/mol. The summed E-state index contributed by atoms with van der Waals surface area (Å²) >= 11 is 11.1. The van der Waals surface area contributed by atoms with E-state index in [2.05, 4.69) is 20.9 Å². The quantitative estimate of drug-likeness (QED) is 0.663. The Bertz CT molecular complexity index is 800. The average molecular weight is 440 g/mol. The lowest BCUT2D eigenvalue weighted by Crippen LogP contribution is -2.41. The lowest BCUT2D eigenvalue weighted by molar-refractivity contribution is -0.129. The summed E-state index contributed by atoms with van der Waals surface area (Å²) in [7, 11) is 0. The van der Waals surface area contributed by atoms with Gasteiger partial charge in [0.25, 0.3) is 5.91 Å². The number of carbonyl (C=O) groups is 1. The van der Waals surface area contributed by atoms with Crippen LogP contribution in [0.1, 0.15) is 6.42 Å². The number of aliphatic imine (C=N–C) groups is 1. The van der Waals surface area contributed by atoms with Gasteiger partial charge < -0.3 is 4.74 Å². The van der Waals surface area contributed by atoms with Crippen LogP contribution in [0.2, 0.25) is 5.02 Å². The molecule has 1 heterocycles. The summed E-state index contributed by atoms with van der Waals surface area (Å²) < 4.78 is 6.52. The Balaban J connectivity index is 1.72. The number of rotatable bonds is 4. The van der Waals surface area contributed by atoms with Crippen LogP contribution in [-0.2, 0) is 4.79 Å². The molecule has 7 heteroatoms. The van der Waals surface area contributed by atoms with Gasteiger partial charge in [-0.1, -0.05) is 57.5 Å². The van der Waals surface area contributed by atoms with Crippen molar-refractivity contribution in [3.05, 3.63) is 58.0 Å². The third kappa shape index (κ3) is 5.00. The van der Waals surface area contributed by atoms with Crippen LogP contribution in [0.15, 0.2) is 58.0 Å². The van der Waals surface area contributed by atoms with Crippen LogP contribution in [0.4, 0.5) is 5.69 Å². The van der Waals surface area contributed by atoms with Crippen LogP contribution >= 0.6 is 39.3 Å². The van der Waals surface area contributed by atoms with Crippen molar-refractivity contribution < 1.29 is 9.53 Å². The summed E-state index contributed by atoms with van der Waals surface area (Å²) in [5.41, 5.74) is 0.666. The Labute approximate surface area is 164 Å². The van der Waals surface area contributed by atoms with Crippen molar-refractivity contribution in [2.75, 3.05) is 18.9 Å². The fraction of sp³-hybridized carbons (Fsp3) is 0.222. The van der Waals surface area contributed by atoms with E-state index in [0.717, 1.165) is 16.6 Å². The Hall–Kier alpha value is -1.50. The Kier molecular flexibility index (Phi) is 6.39. The number of benzene rings is 2. The van der Waals surface area contributed by atoms with E-state index in [1.54, 1.807) is 22.7 Å². The molecule has 1 fully saturated rings. The minimum absolute atomic E-state index is 0.0292. The molecule has 25 heavy (non-hydrogen) atoms. The molecule has 0 saturated carbocycles. The maximum atomic E-state index is 12.6. The number of para-hydroxylation sites is 1. The first-order valence-corrected chi connectivity index (χ1v) is 9.94. The first-order valence-electron chi connectivity index (χ1n) is 7.78. The van der Waals surface area contributed by atoms with Crippen LogP contribution in [0, 0.1) is 0 Å². The molecule has 0 spiro atoms. The lowest BCUT2D eigenvalue weighted by Gasteiger charge is -2.27. The minimum Gasteiger partial charge on any atom is -0.484 e. The van der Waals surface area contributed by atoms with Crippen LogP contribution in [0.25, 0.3) is 0 Å². The molecule has 2 aromatic carbocycles. The van der Waals surface area contributed by atoms with Gasteiger partial charge in [-0.15, -0.1) is 0 Å². The maximum Gasteiger partial charge on any atom is 0.266 e. The zero-order valence-corrected chi connectivity index (χ0v) is 16.5. The Morgan fingerprint density at radius 2 is 2.12 bits per heavy atom. The van der Waals surface area contributed by atoms with Crippen molar-refractivity contribution in [3.8, 4) is 5.75 Å². The number of halogens is 2. The SMILES string of the molecule is O=C(COc1cccc(Br)c1)N1CCCSC1=Nc1ccccc1Cl. The molecule has 1 aliphatic heterocycles. The third-order valence-corrected chi connectivity index (χ3v) is 5.39. The molecule has 0 aromatic heterocycles. The van der Waals surface area contributed by atoms with E-state index >= 15 is 0 Å². The van der Waals surface area contributed by atoms with Gasteiger partial charge in [0.15, 0.2) is 11.8 Å². The Morgan fingerprint density at radius 1 is 1.28 bits per heavy atom. The van der Waals surface area contributed by atoms with Crippen molar-refractivity contribution in [2.45, 2.75) is 6.42 Å². The van der Waals surface area contributed by atoms with Crippen molar-refractivity contribution in [3.63, 3.8) is 0 Å². The van der Waals surface area contributed by atoms with Crippen LogP contribution in [-0.4, -0.2) is 34.9 Å². The summed E-state index contributed by atoms with van der Waals surface area (Å²) in [6.07, 6.45) is 0.925. The number of ether oxygens (including phenoxy) is 1. The zero-order valence-electron chi connectivity index (χ0n) is 13.3. The van der Waals surface area contributed by atoms with Gasteiger partial charge in [0.2, 0.25) is 0 Å². The van der Waals surface area contributed by atoms with Crippen LogP contribution in [0.3, 0.4) is 0 Å². The number of carbonyl (C=O) groups excluding carboxylic acids is 1. The summed E-state index contributed by atoms with van der Waals surface area (Å²) in [6, 6.07) is 14.8. The molecule has 0 atom stereocenters. The largest absolute Gasteiger partial charge is 0.484 e. The normalized spacial score (nSPS) is 16.1. The molecule has 1 aliphatic rings. The lowest BCUT2D eigenvalue weighted by atomic mass is 10.3. The smallest absolute Gasteiger partial charge is 0.266 e. The summed E-state index contributed by atoms with van der Waals surface area (Å²) in [4.78, 5) is 18.9. The third-order valence-electron chi connectivity index (χ3n) is 3.52. The number of thioether (sulfide) groups is 1. The number of nitrogens with zero attached hydrogens (tertiary/aromatic N) is 2. The zero-order chi connectivity index (χ0) is 17.6.